The highest BCUT2D eigenvalue weighted by Crippen LogP contribution is 2.32. The predicted octanol–water partition coefficient (Wildman–Crippen LogP) is 3.61. The first kappa shape index (κ1) is 19.4. The number of nitrogens with zero attached hydrogens (tertiary/aromatic N) is 3. The van der Waals surface area contributed by atoms with Crippen molar-refractivity contribution in [3.63, 3.8) is 0 Å². The monoisotopic (exact) mass is 388 g/mol. The number of hydrogen-bond donors (Lipinski definition) is 1. The Kier molecular flexibility index (Phi) is 6.49. The van der Waals surface area contributed by atoms with E-state index in [2.05, 4.69) is 24.8 Å². The lowest BCUT2D eigenvalue weighted by molar-refractivity contribution is -0.113. The molecular weight excluding hydrogens is 364 g/mol. The first-order chi connectivity index (χ1) is 13.1. The Hall–Kier alpha value is -2.35. The summed E-state index contributed by atoms with van der Waals surface area (Å²) < 4.78 is 6.85. The highest BCUT2D eigenvalue weighted by Gasteiger charge is 2.21. The van der Waals surface area contributed by atoms with Gasteiger partial charge in [-0.15, -0.1) is 10.2 Å². The van der Waals surface area contributed by atoms with Crippen LogP contribution >= 0.6 is 11.8 Å². The maximum atomic E-state index is 12.3. The zero-order valence-electron chi connectivity index (χ0n) is 15.6. The van der Waals surface area contributed by atoms with Gasteiger partial charge in [-0.05, 0) is 44.0 Å². The van der Waals surface area contributed by atoms with Crippen molar-refractivity contribution >= 4 is 29.3 Å². The Morgan fingerprint density at radius 2 is 1.89 bits per heavy atom. The van der Waals surface area contributed by atoms with E-state index in [1.165, 1.54) is 38.1 Å². The van der Waals surface area contributed by atoms with Gasteiger partial charge in [0.2, 0.25) is 5.91 Å². The van der Waals surface area contributed by atoms with Gasteiger partial charge in [0.15, 0.2) is 5.16 Å². The van der Waals surface area contributed by atoms with E-state index in [-0.39, 0.29) is 11.7 Å². The summed E-state index contributed by atoms with van der Waals surface area (Å²) in [6.45, 7) is 1.97. The molecule has 0 spiro atoms. The van der Waals surface area contributed by atoms with Crippen LogP contribution in [0.5, 0.6) is 0 Å². The highest BCUT2D eigenvalue weighted by molar-refractivity contribution is 7.99. The lowest BCUT2D eigenvalue weighted by atomic mass is 9.95. The molecule has 1 aliphatic carbocycles. The van der Waals surface area contributed by atoms with Gasteiger partial charge in [0, 0.05) is 11.7 Å². The number of aromatic nitrogens is 3. The molecule has 144 valence electrons. The largest absolute Gasteiger partial charge is 0.465 e. The van der Waals surface area contributed by atoms with E-state index in [0.717, 1.165) is 23.8 Å². The number of rotatable bonds is 6. The minimum atomic E-state index is -0.402. The van der Waals surface area contributed by atoms with Gasteiger partial charge in [0.25, 0.3) is 0 Å². The molecule has 0 atom stereocenters. The molecule has 27 heavy (non-hydrogen) atoms. The van der Waals surface area contributed by atoms with Crippen LogP contribution in [0.1, 0.15) is 54.3 Å². The number of nitrogens with one attached hydrogen (secondary N) is 1. The van der Waals surface area contributed by atoms with Crippen molar-refractivity contribution in [2.75, 3.05) is 18.2 Å². The molecule has 0 bridgehead atoms. The van der Waals surface area contributed by atoms with Crippen LogP contribution in [-0.4, -0.2) is 39.5 Å². The van der Waals surface area contributed by atoms with Gasteiger partial charge < -0.3 is 14.6 Å². The van der Waals surface area contributed by atoms with Crippen molar-refractivity contribution in [1.29, 1.82) is 0 Å². The Labute approximate surface area is 162 Å². The van der Waals surface area contributed by atoms with E-state index in [4.69, 9.17) is 0 Å². The zero-order chi connectivity index (χ0) is 19.2. The number of benzene rings is 1. The van der Waals surface area contributed by atoms with Crippen molar-refractivity contribution in [1.82, 2.24) is 14.8 Å². The second-order valence-electron chi connectivity index (χ2n) is 6.60. The predicted molar refractivity (Wildman–Crippen MR) is 104 cm³/mol. The number of carbonyl (C=O) groups is 2. The highest BCUT2D eigenvalue weighted by atomic mass is 32.2. The number of carbonyl (C=O) groups excluding carboxylic acids is 2. The topological polar surface area (TPSA) is 86.1 Å². The number of methoxy groups -OCH3 is 1. The molecular formula is C19H24N4O3S. The Balaban J connectivity index is 1.57. The van der Waals surface area contributed by atoms with Crippen molar-refractivity contribution in [2.24, 2.45) is 0 Å². The van der Waals surface area contributed by atoms with Crippen LogP contribution in [0.2, 0.25) is 0 Å². The quantitative estimate of drug-likeness (QED) is 0.601. The number of hydrogen-bond acceptors (Lipinski definition) is 6. The minimum absolute atomic E-state index is 0.123. The molecule has 0 unspecified atom stereocenters. The summed E-state index contributed by atoms with van der Waals surface area (Å²) in [4.78, 5) is 23.7. The fourth-order valence-electron chi connectivity index (χ4n) is 3.34. The SMILES string of the molecule is COC(=O)c1ccc(NC(=O)CSc2nnc(C)n2C2CCCCC2)cc1. The van der Waals surface area contributed by atoms with Crippen LogP contribution in [0.4, 0.5) is 5.69 Å². The standard InChI is InChI=1S/C19H24N4O3S/c1-13-21-22-19(23(13)16-6-4-3-5-7-16)27-12-17(24)20-15-10-8-14(9-11-15)18(25)26-2/h8-11,16H,3-7,12H2,1-2H3,(H,20,24). The molecule has 1 N–H and O–H groups in total. The van der Waals surface area contributed by atoms with Gasteiger partial charge in [-0.3, -0.25) is 4.79 Å². The third-order valence-electron chi connectivity index (χ3n) is 4.70. The van der Waals surface area contributed by atoms with Crippen molar-refractivity contribution < 1.29 is 14.3 Å². The molecule has 1 heterocycles. The van der Waals surface area contributed by atoms with Crippen molar-refractivity contribution in [2.45, 2.75) is 50.2 Å². The van der Waals surface area contributed by atoms with Gasteiger partial charge in [0.05, 0.1) is 18.4 Å². The molecule has 1 aromatic heterocycles. The third kappa shape index (κ3) is 4.88. The van der Waals surface area contributed by atoms with E-state index in [1.54, 1.807) is 24.3 Å². The molecule has 8 heteroatoms. The molecule has 2 aromatic rings. The van der Waals surface area contributed by atoms with Gasteiger partial charge in [-0.25, -0.2) is 4.79 Å². The summed E-state index contributed by atoms with van der Waals surface area (Å²) in [5.41, 5.74) is 1.08. The van der Waals surface area contributed by atoms with Gasteiger partial charge in [0.1, 0.15) is 5.82 Å². The van der Waals surface area contributed by atoms with Crippen LogP contribution in [0.15, 0.2) is 29.4 Å². The first-order valence-corrected chi connectivity index (χ1v) is 10.1. The Morgan fingerprint density at radius 3 is 2.56 bits per heavy atom. The third-order valence-corrected chi connectivity index (χ3v) is 5.64. The number of ether oxygens (including phenoxy) is 1. The molecule has 1 aliphatic rings. The maximum Gasteiger partial charge on any atom is 0.337 e. The number of amides is 1. The van der Waals surface area contributed by atoms with Crippen LogP contribution in [0.3, 0.4) is 0 Å². The molecule has 0 radical (unpaired) electrons. The molecule has 0 saturated heterocycles. The molecule has 7 nitrogen and oxygen atoms in total. The van der Waals surface area contributed by atoms with Crippen molar-refractivity contribution in [3.05, 3.63) is 35.7 Å². The van der Waals surface area contributed by atoms with E-state index in [1.807, 2.05) is 6.92 Å². The summed E-state index contributed by atoms with van der Waals surface area (Å²) in [5, 5.41) is 12.1. The summed E-state index contributed by atoms with van der Waals surface area (Å²) in [6.07, 6.45) is 6.04. The summed E-state index contributed by atoms with van der Waals surface area (Å²) in [5.74, 6) is 0.634. The van der Waals surface area contributed by atoms with Crippen molar-refractivity contribution in [3.8, 4) is 0 Å². The lowest BCUT2D eigenvalue weighted by Crippen LogP contribution is -2.17. The average Bonchev–Trinajstić information content (AvgIpc) is 3.07. The van der Waals surface area contributed by atoms with Crippen LogP contribution < -0.4 is 5.32 Å². The molecule has 1 saturated carbocycles. The molecule has 1 fully saturated rings. The fraction of sp³-hybridized carbons (Fsp3) is 0.474. The van der Waals surface area contributed by atoms with Crippen LogP contribution in [0, 0.1) is 6.92 Å². The lowest BCUT2D eigenvalue weighted by Gasteiger charge is -2.24. The second-order valence-corrected chi connectivity index (χ2v) is 7.54. The summed E-state index contributed by atoms with van der Waals surface area (Å²) >= 11 is 1.40. The Morgan fingerprint density at radius 1 is 1.19 bits per heavy atom. The van der Waals surface area contributed by atoms with Gasteiger partial charge in [-0.2, -0.15) is 0 Å². The smallest absolute Gasteiger partial charge is 0.337 e. The zero-order valence-corrected chi connectivity index (χ0v) is 16.4. The average molecular weight is 388 g/mol. The number of thioether (sulfide) groups is 1. The van der Waals surface area contributed by atoms with Crippen LogP contribution in [0.25, 0.3) is 0 Å². The van der Waals surface area contributed by atoms with E-state index < -0.39 is 5.97 Å². The van der Waals surface area contributed by atoms with Gasteiger partial charge in [-0.1, -0.05) is 31.0 Å². The summed E-state index contributed by atoms with van der Waals surface area (Å²) in [6, 6.07) is 7.05. The fourth-order valence-corrected chi connectivity index (χ4v) is 4.19. The second kappa shape index (κ2) is 9.03. The van der Waals surface area contributed by atoms with Gasteiger partial charge >= 0.3 is 5.97 Å². The number of aryl methyl sites for hydroxylation is 1. The Bertz CT molecular complexity index is 798. The molecule has 3 rings (SSSR count). The number of esters is 1. The first-order valence-electron chi connectivity index (χ1n) is 9.11. The summed E-state index contributed by atoms with van der Waals surface area (Å²) in [7, 11) is 1.34. The van der Waals surface area contributed by atoms with Crippen LogP contribution in [-0.2, 0) is 9.53 Å². The number of anilines is 1. The molecule has 0 aliphatic heterocycles. The molecule has 1 amide bonds. The normalized spacial score (nSPS) is 14.7. The maximum absolute atomic E-state index is 12.3. The van der Waals surface area contributed by atoms with E-state index in [9.17, 15) is 9.59 Å². The minimum Gasteiger partial charge on any atom is -0.465 e. The van der Waals surface area contributed by atoms with E-state index >= 15 is 0 Å². The van der Waals surface area contributed by atoms with E-state index in [0.29, 0.717) is 17.3 Å². The molecule has 1 aromatic carbocycles.